The summed E-state index contributed by atoms with van der Waals surface area (Å²) in [4.78, 5) is 10.6. The van der Waals surface area contributed by atoms with E-state index in [2.05, 4.69) is 6.58 Å². The summed E-state index contributed by atoms with van der Waals surface area (Å²) in [6.45, 7) is 5.34. The van der Waals surface area contributed by atoms with Crippen LogP contribution in [-0.4, -0.2) is 5.91 Å². The molecule has 1 amide bonds. The zero-order chi connectivity index (χ0) is 9.84. The van der Waals surface area contributed by atoms with Crippen LogP contribution in [-0.2, 0) is 4.79 Å². The number of hydrogen-bond donors (Lipinski definition) is 1. The predicted octanol–water partition coefficient (Wildman–Crippen LogP) is 1.37. The van der Waals surface area contributed by atoms with Crippen LogP contribution in [0, 0.1) is 6.92 Å². The van der Waals surface area contributed by atoms with E-state index in [1.165, 1.54) is 0 Å². The van der Waals surface area contributed by atoms with Crippen LogP contribution in [0.15, 0.2) is 36.6 Å². The van der Waals surface area contributed by atoms with Gasteiger partial charge in [0.2, 0.25) is 0 Å². The van der Waals surface area contributed by atoms with Crippen molar-refractivity contribution in [1.29, 1.82) is 0 Å². The van der Waals surface area contributed by atoms with Gasteiger partial charge in [-0.25, -0.2) is 0 Å². The molecule has 0 bridgehead atoms. The average Bonchev–Trinajstić information content (AvgIpc) is 2.08. The van der Waals surface area contributed by atoms with Crippen molar-refractivity contribution in [3.8, 4) is 5.75 Å². The highest BCUT2D eigenvalue weighted by Gasteiger charge is 2.02. The first kappa shape index (κ1) is 9.32. The number of ether oxygens (including phenoxy) is 1. The Bertz CT molecular complexity index is 327. The number of rotatable bonds is 3. The monoisotopic (exact) mass is 177 g/mol. The van der Waals surface area contributed by atoms with E-state index in [9.17, 15) is 4.79 Å². The number of carbonyl (C=O) groups excluding carboxylic acids is 1. The summed E-state index contributed by atoms with van der Waals surface area (Å²) in [6, 6.07) is 7.26. The quantitative estimate of drug-likeness (QED) is 0.560. The van der Waals surface area contributed by atoms with Gasteiger partial charge in [0.1, 0.15) is 5.75 Å². The summed E-state index contributed by atoms with van der Waals surface area (Å²) < 4.78 is 5.06. The normalized spacial score (nSPS) is 9.31. The molecule has 1 rings (SSSR count). The lowest BCUT2D eigenvalue weighted by Crippen LogP contribution is -2.16. The molecule has 0 fully saturated rings. The molecule has 1 aromatic carbocycles. The lowest BCUT2D eigenvalue weighted by molar-refractivity contribution is -0.116. The number of amides is 1. The molecule has 0 heterocycles. The zero-order valence-electron chi connectivity index (χ0n) is 7.41. The summed E-state index contributed by atoms with van der Waals surface area (Å²) in [5.41, 5.74) is 6.07. The standard InChI is InChI=1S/C10H11NO2/c1-7-3-5-9(6-4-7)13-8(2)10(11)12/h3-6H,2H2,1H3,(H2,11,12). The summed E-state index contributed by atoms with van der Waals surface area (Å²) in [6.07, 6.45) is 0. The Morgan fingerprint density at radius 3 is 2.38 bits per heavy atom. The van der Waals surface area contributed by atoms with Crippen LogP contribution in [0.3, 0.4) is 0 Å². The average molecular weight is 177 g/mol. The van der Waals surface area contributed by atoms with E-state index < -0.39 is 5.91 Å². The molecule has 0 atom stereocenters. The molecule has 0 aliphatic carbocycles. The van der Waals surface area contributed by atoms with Crippen molar-refractivity contribution in [3.05, 3.63) is 42.2 Å². The number of nitrogens with two attached hydrogens (primary N) is 1. The van der Waals surface area contributed by atoms with Gasteiger partial charge in [0.15, 0.2) is 5.76 Å². The van der Waals surface area contributed by atoms with E-state index in [0.717, 1.165) is 5.56 Å². The first-order valence-corrected chi connectivity index (χ1v) is 3.83. The largest absolute Gasteiger partial charge is 0.452 e. The fraction of sp³-hybridized carbons (Fsp3) is 0.100. The number of benzene rings is 1. The van der Waals surface area contributed by atoms with Gasteiger partial charge in [-0.05, 0) is 19.1 Å². The first-order chi connectivity index (χ1) is 6.09. The highest BCUT2D eigenvalue weighted by atomic mass is 16.5. The highest BCUT2D eigenvalue weighted by Crippen LogP contribution is 2.13. The Labute approximate surface area is 76.8 Å². The van der Waals surface area contributed by atoms with Crippen LogP contribution < -0.4 is 10.5 Å². The second-order valence-electron chi connectivity index (χ2n) is 2.70. The summed E-state index contributed by atoms with van der Waals surface area (Å²) in [5.74, 6) is -0.140. The second-order valence-corrected chi connectivity index (χ2v) is 2.70. The van der Waals surface area contributed by atoms with Crippen molar-refractivity contribution >= 4 is 5.91 Å². The van der Waals surface area contributed by atoms with E-state index in [-0.39, 0.29) is 5.76 Å². The van der Waals surface area contributed by atoms with Crippen LogP contribution >= 0.6 is 0 Å². The third kappa shape index (κ3) is 2.63. The van der Waals surface area contributed by atoms with Crippen molar-refractivity contribution in [2.75, 3.05) is 0 Å². The second kappa shape index (κ2) is 3.76. The van der Waals surface area contributed by atoms with Gasteiger partial charge in [-0.3, -0.25) is 4.79 Å². The molecule has 0 aromatic heterocycles. The number of hydrogen-bond acceptors (Lipinski definition) is 2. The molecule has 0 unspecified atom stereocenters. The van der Waals surface area contributed by atoms with Crippen molar-refractivity contribution in [1.82, 2.24) is 0 Å². The Balaban J connectivity index is 2.70. The maximum Gasteiger partial charge on any atom is 0.283 e. The lowest BCUT2D eigenvalue weighted by Gasteiger charge is -2.04. The highest BCUT2D eigenvalue weighted by molar-refractivity contribution is 5.89. The smallest absolute Gasteiger partial charge is 0.283 e. The Morgan fingerprint density at radius 1 is 1.38 bits per heavy atom. The van der Waals surface area contributed by atoms with Gasteiger partial charge in [-0.15, -0.1) is 0 Å². The molecule has 3 nitrogen and oxygen atoms in total. The van der Waals surface area contributed by atoms with E-state index in [1.807, 2.05) is 19.1 Å². The predicted molar refractivity (Wildman–Crippen MR) is 50.1 cm³/mol. The van der Waals surface area contributed by atoms with Crippen molar-refractivity contribution < 1.29 is 9.53 Å². The van der Waals surface area contributed by atoms with E-state index >= 15 is 0 Å². The van der Waals surface area contributed by atoms with Gasteiger partial charge < -0.3 is 10.5 Å². The van der Waals surface area contributed by atoms with Gasteiger partial charge in [-0.1, -0.05) is 24.3 Å². The zero-order valence-corrected chi connectivity index (χ0v) is 7.41. The molecule has 3 heteroatoms. The Morgan fingerprint density at radius 2 is 1.92 bits per heavy atom. The fourth-order valence-corrected chi connectivity index (χ4v) is 0.799. The number of primary amides is 1. The molecule has 0 aliphatic heterocycles. The van der Waals surface area contributed by atoms with Gasteiger partial charge in [0.25, 0.3) is 5.91 Å². The maximum atomic E-state index is 10.6. The molecular formula is C10H11NO2. The van der Waals surface area contributed by atoms with Crippen molar-refractivity contribution in [2.45, 2.75) is 6.92 Å². The van der Waals surface area contributed by atoms with Gasteiger partial charge in [0, 0.05) is 0 Å². The third-order valence-corrected chi connectivity index (χ3v) is 1.54. The lowest BCUT2D eigenvalue weighted by atomic mass is 10.2. The SMILES string of the molecule is C=C(Oc1ccc(C)cc1)C(N)=O. The minimum Gasteiger partial charge on any atom is -0.452 e. The van der Waals surface area contributed by atoms with Crippen molar-refractivity contribution in [3.63, 3.8) is 0 Å². The van der Waals surface area contributed by atoms with E-state index in [0.29, 0.717) is 5.75 Å². The molecule has 0 saturated carbocycles. The molecule has 0 spiro atoms. The summed E-state index contributed by atoms with van der Waals surface area (Å²) in [5, 5.41) is 0. The Kier molecular flexibility index (Phi) is 2.69. The van der Waals surface area contributed by atoms with Gasteiger partial charge in [-0.2, -0.15) is 0 Å². The van der Waals surface area contributed by atoms with Gasteiger partial charge >= 0.3 is 0 Å². The first-order valence-electron chi connectivity index (χ1n) is 3.83. The van der Waals surface area contributed by atoms with Crippen LogP contribution in [0.2, 0.25) is 0 Å². The minimum absolute atomic E-state index is 0.0520. The third-order valence-electron chi connectivity index (χ3n) is 1.54. The van der Waals surface area contributed by atoms with E-state index in [1.54, 1.807) is 12.1 Å². The molecule has 0 radical (unpaired) electrons. The summed E-state index contributed by atoms with van der Waals surface area (Å²) >= 11 is 0. The van der Waals surface area contributed by atoms with Gasteiger partial charge in [0.05, 0.1) is 0 Å². The van der Waals surface area contributed by atoms with Crippen molar-refractivity contribution in [2.24, 2.45) is 5.73 Å². The minimum atomic E-state index is -0.652. The summed E-state index contributed by atoms with van der Waals surface area (Å²) in [7, 11) is 0. The number of aryl methyl sites for hydroxylation is 1. The number of carbonyl (C=O) groups is 1. The molecular weight excluding hydrogens is 166 g/mol. The van der Waals surface area contributed by atoms with Crippen LogP contribution in [0.1, 0.15) is 5.56 Å². The van der Waals surface area contributed by atoms with Crippen LogP contribution in [0.5, 0.6) is 5.75 Å². The molecule has 68 valence electrons. The molecule has 2 N–H and O–H groups in total. The topological polar surface area (TPSA) is 52.3 Å². The molecule has 0 aliphatic rings. The fourth-order valence-electron chi connectivity index (χ4n) is 0.799. The van der Waals surface area contributed by atoms with E-state index in [4.69, 9.17) is 10.5 Å². The molecule has 1 aromatic rings. The molecule has 0 saturated heterocycles. The Hall–Kier alpha value is -1.77. The molecule has 13 heavy (non-hydrogen) atoms. The van der Waals surface area contributed by atoms with Crippen LogP contribution in [0.4, 0.5) is 0 Å². The van der Waals surface area contributed by atoms with Crippen LogP contribution in [0.25, 0.3) is 0 Å². The maximum absolute atomic E-state index is 10.6.